The summed E-state index contributed by atoms with van der Waals surface area (Å²) in [6.07, 6.45) is -0.106. The average molecular weight is 412 g/mol. The van der Waals surface area contributed by atoms with Crippen LogP contribution in [0.3, 0.4) is 0 Å². The molecule has 1 N–H and O–H groups in total. The molecule has 0 spiro atoms. The fraction of sp³-hybridized carbons (Fsp3) is 0.235. The van der Waals surface area contributed by atoms with Gasteiger partial charge in [-0.3, -0.25) is 4.79 Å². The fourth-order valence-corrected chi connectivity index (χ4v) is 5.51. The Balaban J connectivity index is 1.87. The molecule has 1 saturated heterocycles. The van der Waals surface area contributed by atoms with Crippen LogP contribution in [-0.2, 0) is 31.4 Å². The molecule has 1 aliphatic heterocycles. The summed E-state index contributed by atoms with van der Waals surface area (Å²) in [5, 5.41) is 0. The van der Waals surface area contributed by atoms with Crippen molar-refractivity contribution in [3.8, 4) is 0 Å². The van der Waals surface area contributed by atoms with Crippen LogP contribution in [-0.4, -0.2) is 28.5 Å². The summed E-state index contributed by atoms with van der Waals surface area (Å²) in [6.45, 7) is 1.27. The third-order valence-corrected chi connectivity index (χ3v) is 7.42. The summed E-state index contributed by atoms with van der Waals surface area (Å²) >= 11 is 0. The summed E-state index contributed by atoms with van der Waals surface area (Å²) in [5.74, 6) is -1.34. The molecule has 0 bridgehead atoms. The molecule has 0 atom stereocenters. The third-order valence-electron chi connectivity index (χ3n) is 4.17. The van der Waals surface area contributed by atoms with Crippen molar-refractivity contribution in [3.05, 3.63) is 59.4 Å². The minimum atomic E-state index is -3.96. The van der Waals surface area contributed by atoms with E-state index in [4.69, 9.17) is 0 Å². The van der Waals surface area contributed by atoms with Crippen molar-refractivity contribution in [2.75, 3.05) is 10.1 Å². The number of anilines is 1. The topological polar surface area (TPSA) is 101 Å². The molecule has 1 amide bonds. The van der Waals surface area contributed by atoms with Gasteiger partial charge in [0.25, 0.3) is 0 Å². The molecule has 2 aromatic carbocycles. The van der Waals surface area contributed by atoms with Crippen LogP contribution in [0.1, 0.15) is 17.5 Å². The quantitative estimate of drug-likeness (QED) is 0.805. The number of sulfonamides is 2. The highest BCUT2D eigenvalue weighted by Gasteiger charge is 2.36. The third kappa shape index (κ3) is 3.87. The first kappa shape index (κ1) is 19.5. The smallest absolute Gasteiger partial charge is 0.242 e. The van der Waals surface area contributed by atoms with E-state index in [1.165, 1.54) is 43.3 Å². The SMILES string of the molecule is Cc1cc(N2C(=O)CCS2(=O)=O)ccc1S(=O)(=O)NCc1ccccc1F. The maximum Gasteiger partial charge on any atom is 0.242 e. The number of nitrogens with one attached hydrogen (secondary N) is 1. The van der Waals surface area contributed by atoms with Crippen LogP contribution < -0.4 is 9.03 Å². The van der Waals surface area contributed by atoms with Crippen LogP contribution >= 0.6 is 0 Å². The monoisotopic (exact) mass is 412 g/mol. The Bertz CT molecular complexity index is 1110. The van der Waals surface area contributed by atoms with Gasteiger partial charge in [0.15, 0.2) is 0 Å². The number of aryl methyl sites for hydroxylation is 1. The zero-order valence-corrected chi connectivity index (χ0v) is 16.0. The van der Waals surface area contributed by atoms with Gasteiger partial charge in [-0.15, -0.1) is 0 Å². The van der Waals surface area contributed by atoms with E-state index in [-0.39, 0.29) is 40.4 Å². The first-order chi connectivity index (χ1) is 12.6. The Labute approximate surface area is 156 Å². The van der Waals surface area contributed by atoms with Gasteiger partial charge in [-0.2, -0.15) is 0 Å². The van der Waals surface area contributed by atoms with Crippen molar-refractivity contribution in [2.45, 2.75) is 24.8 Å². The molecule has 1 fully saturated rings. The molecule has 3 rings (SSSR count). The Hall–Kier alpha value is -2.30. The number of benzene rings is 2. The summed E-state index contributed by atoms with van der Waals surface area (Å²) in [4.78, 5) is 11.8. The Morgan fingerprint density at radius 3 is 2.48 bits per heavy atom. The maximum atomic E-state index is 13.7. The van der Waals surface area contributed by atoms with E-state index in [9.17, 15) is 26.0 Å². The van der Waals surface area contributed by atoms with Crippen molar-refractivity contribution in [1.82, 2.24) is 4.72 Å². The summed E-state index contributed by atoms with van der Waals surface area (Å²) in [7, 11) is -7.69. The van der Waals surface area contributed by atoms with E-state index >= 15 is 0 Å². The second-order valence-corrected chi connectivity index (χ2v) is 9.76. The average Bonchev–Trinajstić information content (AvgIpc) is 2.86. The molecule has 1 heterocycles. The van der Waals surface area contributed by atoms with Crippen molar-refractivity contribution in [2.24, 2.45) is 0 Å². The zero-order valence-electron chi connectivity index (χ0n) is 14.3. The number of carbonyl (C=O) groups is 1. The predicted molar refractivity (Wildman–Crippen MR) is 97.5 cm³/mol. The van der Waals surface area contributed by atoms with Crippen LogP contribution in [0.15, 0.2) is 47.4 Å². The zero-order chi connectivity index (χ0) is 19.8. The lowest BCUT2D eigenvalue weighted by molar-refractivity contribution is -0.116. The summed E-state index contributed by atoms with van der Waals surface area (Å²) in [5.41, 5.74) is 0.565. The minimum Gasteiger partial charge on any atom is -0.273 e. The molecule has 0 saturated carbocycles. The molecule has 0 radical (unpaired) electrons. The van der Waals surface area contributed by atoms with E-state index in [1.807, 2.05) is 0 Å². The summed E-state index contributed by atoms with van der Waals surface area (Å²) in [6, 6.07) is 9.64. The minimum absolute atomic E-state index is 0.0772. The molecule has 27 heavy (non-hydrogen) atoms. The van der Waals surface area contributed by atoms with Crippen LogP contribution in [0.25, 0.3) is 0 Å². The Morgan fingerprint density at radius 2 is 1.89 bits per heavy atom. The van der Waals surface area contributed by atoms with Crippen molar-refractivity contribution >= 4 is 31.6 Å². The molecular formula is C17H17FN2O5S2. The van der Waals surface area contributed by atoms with Crippen molar-refractivity contribution in [3.63, 3.8) is 0 Å². The van der Waals surface area contributed by atoms with Gasteiger partial charge in [0.2, 0.25) is 26.0 Å². The predicted octanol–water partition coefficient (Wildman–Crippen LogP) is 1.68. The normalized spacial score (nSPS) is 16.7. The van der Waals surface area contributed by atoms with Crippen LogP contribution in [0, 0.1) is 12.7 Å². The molecule has 0 unspecified atom stereocenters. The van der Waals surface area contributed by atoms with Gasteiger partial charge < -0.3 is 0 Å². The lowest BCUT2D eigenvalue weighted by Gasteiger charge is -2.17. The molecule has 144 valence electrons. The van der Waals surface area contributed by atoms with Crippen LogP contribution in [0.4, 0.5) is 10.1 Å². The van der Waals surface area contributed by atoms with E-state index < -0.39 is 31.8 Å². The lowest BCUT2D eigenvalue weighted by Crippen LogP contribution is -2.29. The van der Waals surface area contributed by atoms with Crippen LogP contribution in [0.2, 0.25) is 0 Å². The van der Waals surface area contributed by atoms with E-state index in [1.54, 1.807) is 6.07 Å². The van der Waals surface area contributed by atoms with Crippen LogP contribution in [0.5, 0.6) is 0 Å². The summed E-state index contributed by atoms with van der Waals surface area (Å²) < 4.78 is 65.7. The number of halogens is 1. The van der Waals surface area contributed by atoms with Gasteiger partial charge in [0.05, 0.1) is 16.3 Å². The van der Waals surface area contributed by atoms with Gasteiger partial charge in [0.1, 0.15) is 5.82 Å². The van der Waals surface area contributed by atoms with Gasteiger partial charge in [0, 0.05) is 18.5 Å². The molecular weight excluding hydrogens is 395 g/mol. The molecule has 0 aromatic heterocycles. The highest BCUT2D eigenvalue weighted by molar-refractivity contribution is 7.94. The number of hydrogen-bond acceptors (Lipinski definition) is 5. The maximum absolute atomic E-state index is 13.7. The van der Waals surface area contributed by atoms with Crippen molar-refractivity contribution < 1.29 is 26.0 Å². The largest absolute Gasteiger partial charge is 0.273 e. The molecule has 7 nitrogen and oxygen atoms in total. The second kappa shape index (κ2) is 7.02. The Kier molecular flexibility index (Phi) is 5.06. The van der Waals surface area contributed by atoms with Gasteiger partial charge in [-0.25, -0.2) is 30.3 Å². The van der Waals surface area contributed by atoms with E-state index in [2.05, 4.69) is 4.72 Å². The molecule has 10 heteroatoms. The number of rotatable bonds is 5. The van der Waals surface area contributed by atoms with Crippen molar-refractivity contribution in [1.29, 1.82) is 0 Å². The van der Waals surface area contributed by atoms with Gasteiger partial charge >= 0.3 is 0 Å². The van der Waals surface area contributed by atoms with Gasteiger partial charge in [-0.05, 0) is 36.8 Å². The first-order valence-corrected chi connectivity index (χ1v) is 11.1. The number of nitrogens with zero attached hydrogens (tertiary/aromatic N) is 1. The molecule has 1 aliphatic rings. The number of carbonyl (C=O) groups excluding carboxylic acids is 1. The first-order valence-electron chi connectivity index (χ1n) is 8.01. The standard InChI is InChI=1S/C17H17FN2O5S2/c1-12-10-14(20-17(21)8-9-26(20,22)23)6-7-16(12)27(24,25)19-11-13-4-2-3-5-15(13)18/h2-7,10,19H,8-9,11H2,1H3. The lowest BCUT2D eigenvalue weighted by atomic mass is 10.2. The second-order valence-electron chi connectivity index (χ2n) is 6.09. The Morgan fingerprint density at radius 1 is 1.19 bits per heavy atom. The number of amides is 1. The number of hydrogen-bond donors (Lipinski definition) is 1. The highest BCUT2D eigenvalue weighted by atomic mass is 32.2. The van der Waals surface area contributed by atoms with E-state index in [0.717, 1.165) is 0 Å². The molecule has 2 aromatic rings. The highest BCUT2D eigenvalue weighted by Crippen LogP contribution is 2.28. The fourth-order valence-electron chi connectivity index (χ4n) is 2.82. The molecule has 0 aliphatic carbocycles. The van der Waals surface area contributed by atoms with Gasteiger partial charge in [-0.1, -0.05) is 18.2 Å². The van der Waals surface area contributed by atoms with E-state index in [0.29, 0.717) is 4.31 Å².